The molecule has 0 saturated heterocycles. The van der Waals surface area contributed by atoms with Crippen LogP contribution in [-0.2, 0) is 12.8 Å². The second kappa shape index (κ2) is 6.75. The average Bonchev–Trinajstić information content (AvgIpc) is 3.03. The van der Waals surface area contributed by atoms with Crippen molar-refractivity contribution in [3.8, 4) is 17.5 Å². The molecule has 0 unspecified atom stereocenters. The molecule has 5 heteroatoms. The quantitative estimate of drug-likeness (QED) is 0.727. The Balaban J connectivity index is 1.96. The Morgan fingerprint density at radius 2 is 1.78 bits per heavy atom. The van der Waals surface area contributed by atoms with Crippen molar-refractivity contribution in [1.82, 2.24) is 15.0 Å². The molecule has 0 aliphatic rings. The molecule has 3 aromatic rings. The van der Waals surface area contributed by atoms with Crippen LogP contribution in [0.1, 0.15) is 17.0 Å². The normalized spacial score (nSPS) is 10.3. The third-order valence-electron chi connectivity index (χ3n) is 3.68. The molecular formula is C18H16N4O. The second-order valence-electron chi connectivity index (χ2n) is 5.07. The van der Waals surface area contributed by atoms with E-state index in [1.54, 1.807) is 11.8 Å². The predicted octanol–water partition coefficient (Wildman–Crippen LogP) is 2.93. The number of para-hydroxylation sites is 2. The molecule has 0 amide bonds. The Morgan fingerprint density at radius 3 is 2.52 bits per heavy atom. The maximum atomic E-state index is 9.31. The van der Waals surface area contributed by atoms with Crippen LogP contribution in [0, 0.1) is 11.3 Å². The number of ether oxygens (including phenoxy) is 1. The maximum Gasteiger partial charge on any atom is 0.186 e. The molecule has 114 valence electrons. The van der Waals surface area contributed by atoms with Crippen molar-refractivity contribution in [1.29, 1.82) is 5.26 Å². The minimum absolute atomic E-state index is 0.354. The van der Waals surface area contributed by atoms with Gasteiger partial charge in [-0.2, -0.15) is 5.26 Å². The molecule has 0 fully saturated rings. The molecular weight excluding hydrogens is 288 g/mol. The number of hydrogen-bond acceptors (Lipinski definition) is 4. The molecule has 5 nitrogen and oxygen atoms in total. The first-order chi connectivity index (χ1) is 11.3. The molecule has 3 rings (SSSR count). The van der Waals surface area contributed by atoms with E-state index in [0.29, 0.717) is 17.9 Å². The summed E-state index contributed by atoms with van der Waals surface area (Å²) in [4.78, 5) is 0. The summed E-state index contributed by atoms with van der Waals surface area (Å²) in [7, 11) is 1.62. The zero-order valence-corrected chi connectivity index (χ0v) is 12.8. The highest BCUT2D eigenvalue weighted by molar-refractivity contribution is 5.48. The van der Waals surface area contributed by atoms with Crippen LogP contribution in [-0.4, -0.2) is 22.1 Å². The van der Waals surface area contributed by atoms with Gasteiger partial charge in [0, 0.05) is 0 Å². The Bertz CT molecular complexity index is 834. The summed E-state index contributed by atoms with van der Waals surface area (Å²) in [6.45, 7) is 0. The predicted molar refractivity (Wildman–Crippen MR) is 86.5 cm³/mol. The van der Waals surface area contributed by atoms with Gasteiger partial charge < -0.3 is 4.74 Å². The van der Waals surface area contributed by atoms with E-state index < -0.39 is 0 Å². The minimum atomic E-state index is 0.354. The molecule has 23 heavy (non-hydrogen) atoms. The van der Waals surface area contributed by atoms with Crippen LogP contribution in [0.25, 0.3) is 5.69 Å². The number of nitrogens with zero attached hydrogens (tertiary/aromatic N) is 4. The smallest absolute Gasteiger partial charge is 0.186 e. The zero-order valence-electron chi connectivity index (χ0n) is 12.8. The van der Waals surface area contributed by atoms with Gasteiger partial charge in [0.15, 0.2) is 5.69 Å². The van der Waals surface area contributed by atoms with E-state index in [0.717, 1.165) is 17.8 Å². The molecule has 2 aromatic carbocycles. The van der Waals surface area contributed by atoms with Crippen LogP contribution < -0.4 is 4.74 Å². The van der Waals surface area contributed by atoms with Crippen LogP contribution in [0.3, 0.4) is 0 Å². The van der Waals surface area contributed by atoms with Crippen molar-refractivity contribution in [3.05, 3.63) is 71.5 Å². The number of benzene rings is 2. The first kappa shape index (κ1) is 14.8. The van der Waals surface area contributed by atoms with Crippen molar-refractivity contribution in [3.63, 3.8) is 0 Å². The number of methoxy groups -OCH3 is 1. The highest BCUT2D eigenvalue weighted by Crippen LogP contribution is 2.24. The molecule has 0 aliphatic heterocycles. The number of rotatable bonds is 5. The molecule has 0 atom stereocenters. The van der Waals surface area contributed by atoms with Gasteiger partial charge in [-0.05, 0) is 30.5 Å². The molecule has 0 spiro atoms. The van der Waals surface area contributed by atoms with Gasteiger partial charge in [0.2, 0.25) is 0 Å². The van der Waals surface area contributed by atoms with E-state index in [4.69, 9.17) is 4.74 Å². The SMILES string of the molecule is COc1ccccc1-n1nnc(C#N)c1CCc1ccccc1. The fourth-order valence-electron chi connectivity index (χ4n) is 2.52. The third-order valence-corrected chi connectivity index (χ3v) is 3.68. The molecule has 0 saturated carbocycles. The molecule has 1 heterocycles. The Kier molecular flexibility index (Phi) is 4.34. The first-order valence-corrected chi connectivity index (χ1v) is 7.35. The highest BCUT2D eigenvalue weighted by atomic mass is 16.5. The summed E-state index contributed by atoms with van der Waals surface area (Å²) in [6.07, 6.45) is 1.50. The summed E-state index contributed by atoms with van der Waals surface area (Å²) in [6, 6.07) is 19.9. The van der Waals surface area contributed by atoms with Crippen LogP contribution in [0.4, 0.5) is 0 Å². The summed E-state index contributed by atoms with van der Waals surface area (Å²) >= 11 is 0. The highest BCUT2D eigenvalue weighted by Gasteiger charge is 2.16. The van der Waals surface area contributed by atoms with Crippen molar-refractivity contribution < 1.29 is 4.74 Å². The van der Waals surface area contributed by atoms with Crippen molar-refractivity contribution in [2.24, 2.45) is 0 Å². The van der Waals surface area contributed by atoms with Gasteiger partial charge in [-0.3, -0.25) is 0 Å². The minimum Gasteiger partial charge on any atom is -0.494 e. The Labute approximate surface area is 134 Å². The van der Waals surface area contributed by atoms with Gasteiger partial charge in [0.1, 0.15) is 17.5 Å². The van der Waals surface area contributed by atoms with E-state index in [1.807, 2.05) is 42.5 Å². The lowest BCUT2D eigenvalue weighted by Crippen LogP contribution is -2.06. The van der Waals surface area contributed by atoms with Gasteiger partial charge in [-0.15, -0.1) is 5.10 Å². The summed E-state index contributed by atoms with van der Waals surface area (Å²) < 4.78 is 7.08. The van der Waals surface area contributed by atoms with Gasteiger partial charge in [0.05, 0.1) is 12.8 Å². The van der Waals surface area contributed by atoms with Crippen LogP contribution in [0.2, 0.25) is 0 Å². The summed E-state index contributed by atoms with van der Waals surface area (Å²) in [5.74, 6) is 0.697. The van der Waals surface area contributed by atoms with Crippen molar-refractivity contribution >= 4 is 0 Å². The number of aromatic nitrogens is 3. The molecule has 1 aromatic heterocycles. The monoisotopic (exact) mass is 304 g/mol. The molecule has 0 radical (unpaired) electrons. The first-order valence-electron chi connectivity index (χ1n) is 7.35. The lowest BCUT2D eigenvalue weighted by molar-refractivity contribution is 0.411. The van der Waals surface area contributed by atoms with E-state index in [2.05, 4.69) is 28.5 Å². The lowest BCUT2D eigenvalue weighted by atomic mass is 10.1. The van der Waals surface area contributed by atoms with Crippen LogP contribution in [0.15, 0.2) is 54.6 Å². The maximum absolute atomic E-state index is 9.31. The van der Waals surface area contributed by atoms with Gasteiger partial charge in [0.25, 0.3) is 0 Å². The van der Waals surface area contributed by atoms with Gasteiger partial charge in [-0.25, -0.2) is 4.68 Å². The van der Waals surface area contributed by atoms with Crippen LogP contribution in [0.5, 0.6) is 5.75 Å². The topological polar surface area (TPSA) is 63.7 Å². The summed E-state index contributed by atoms with van der Waals surface area (Å²) in [5.41, 5.74) is 3.14. The van der Waals surface area contributed by atoms with E-state index in [-0.39, 0.29) is 0 Å². The second-order valence-corrected chi connectivity index (χ2v) is 5.07. The van der Waals surface area contributed by atoms with Crippen molar-refractivity contribution in [2.75, 3.05) is 7.11 Å². The average molecular weight is 304 g/mol. The van der Waals surface area contributed by atoms with Crippen LogP contribution >= 0.6 is 0 Å². The van der Waals surface area contributed by atoms with E-state index >= 15 is 0 Å². The number of hydrogen-bond donors (Lipinski definition) is 0. The van der Waals surface area contributed by atoms with Gasteiger partial charge in [-0.1, -0.05) is 47.7 Å². The fourth-order valence-corrected chi connectivity index (χ4v) is 2.52. The fraction of sp³-hybridized carbons (Fsp3) is 0.167. The lowest BCUT2D eigenvalue weighted by Gasteiger charge is -2.10. The zero-order chi connectivity index (χ0) is 16.1. The molecule has 0 N–H and O–H groups in total. The standard InChI is InChI=1S/C18H16N4O/c1-23-18-10-6-5-9-17(18)22-16(15(13-19)20-21-22)12-11-14-7-3-2-4-8-14/h2-10H,11-12H2,1H3. The third kappa shape index (κ3) is 3.06. The van der Waals surface area contributed by atoms with Gasteiger partial charge >= 0.3 is 0 Å². The Hall–Kier alpha value is -3.13. The molecule has 0 aliphatic carbocycles. The Morgan fingerprint density at radius 1 is 1.04 bits per heavy atom. The largest absolute Gasteiger partial charge is 0.494 e. The molecule has 0 bridgehead atoms. The van der Waals surface area contributed by atoms with Crippen molar-refractivity contribution in [2.45, 2.75) is 12.8 Å². The van der Waals surface area contributed by atoms with E-state index in [1.165, 1.54) is 5.56 Å². The number of nitriles is 1. The number of aryl methyl sites for hydroxylation is 1. The van der Waals surface area contributed by atoms with E-state index in [9.17, 15) is 5.26 Å². The summed E-state index contributed by atoms with van der Waals surface area (Å²) in [5, 5.41) is 17.4.